The van der Waals surface area contributed by atoms with Crippen molar-refractivity contribution in [1.29, 1.82) is 0 Å². The molecule has 2 aromatic carbocycles. The first-order valence-electron chi connectivity index (χ1n) is 7.82. The number of phenols is 2. The van der Waals surface area contributed by atoms with Gasteiger partial charge in [-0.15, -0.1) is 0 Å². The molecule has 0 amide bonds. The molecule has 0 spiro atoms. The number of hydrogen-bond acceptors (Lipinski definition) is 2. The fourth-order valence-corrected chi connectivity index (χ4v) is 2.32. The Balaban J connectivity index is 0.000000235. The number of aryl methyl sites for hydroxylation is 2. The van der Waals surface area contributed by atoms with E-state index in [0.29, 0.717) is 23.3 Å². The van der Waals surface area contributed by atoms with Gasteiger partial charge in [0.1, 0.15) is 11.5 Å². The summed E-state index contributed by atoms with van der Waals surface area (Å²) in [6, 6.07) is 11.7. The van der Waals surface area contributed by atoms with Crippen molar-refractivity contribution in [2.45, 2.75) is 53.4 Å². The summed E-state index contributed by atoms with van der Waals surface area (Å²) in [6.45, 7) is 12.2. The second-order valence-corrected chi connectivity index (χ2v) is 6.33. The molecule has 2 heteroatoms. The molecule has 0 fully saturated rings. The molecule has 0 aliphatic carbocycles. The minimum absolute atomic E-state index is 0.388. The standard InChI is InChI=1S/C12H18O.C8H10O/c1-8(2)10-6-5-7-11(9(3)4)12(10)13;1-6-4-3-5-7(2)8(6)9/h5-9,13H,1-4H3;3-5,9H,1-2H3. The van der Waals surface area contributed by atoms with E-state index in [4.69, 9.17) is 0 Å². The van der Waals surface area contributed by atoms with Crippen molar-refractivity contribution in [3.05, 3.63) is 58.7 Å². The van der Waals surface area contributed by atoms with Gasteiger partial charge in [0, 0.05) is 0 Å². The first kappa shape index (κ1) is 18.1. The van der Waals surface area contributed by atoms with Gasteiger partial charge in [0.25, 0.3) is 0 Å². The van der Waals surface area contributed by atoms with Gasteiger partial charge in [-0.1, -0.05) is 64.1 Å². The van der Waals surface area contributed by atoms with Crippen LogP contribution < -0.4 is 0 Å². The highest BCUT2D eigenvalue weighted by Gasteiger charge is 2.11. The van der Waals surface area contributed by atoms with Crippen LogP contribution in [0.5, 0.6) is 11.5 Å². The lowest BCUT2D eigenvalue weighted by Crippen LogP contribution is -1.94. The number of benzene rings is 2. The Kier molecular flexibility index (Phi) is 6.48. The molecule has 2 rings (SSSR count). The third-order valence-corrected chi connectivity index (χ3v) is 3.78. The molecule has 0 saturated heterocycles. The van der Waals surface area contributed by atoms with Crippen molar-refractivity contribution in [3.8, 4) is 11.5 Å². The zero-order valence-corrected chi connectivity index (χ0v) is 14.5. The fourth-order valence-electron chi connectivity index (χ4n) is 2.32. The molecular weight excluding hydrogens is 272 g/mol. The van der Waals surface area contributed by atoms with E-state index >= 15 is 0 Å². The summed E-state index contributed by atoms with van der Waals surface area (Å²) in [6.07, 6.45) is 0. The molecule has 22 heavy (non-hydrogen) atoms. The second kappa shape index (κ2) is 7.88. The quantitative estimate of drug-likeness (QED) is 0.752. The Morgan fingerprint density at radius 3 is 1.32 bits per heavy atom. The van der Waals surface area contributed by atoms with Crippen LogP contribution >= 0.6 is 0 Å². The van der Waals surface area contributed by atoms with E-state index in [-0.39, 0.29) is 0 Å². The molecule has 2 nitrogen and oxygen atoms in total. The molecule has 0 saturated carbocycles. The van der Waals surface area contributed by atoms with Gasteiger partial charge >= 0.3 is 0 Å². The Bertz CT molecular complexity index is 567. The van der Waals surface area contributed by atoms with Gasteiger partial charge < -0.3 is 10.2 Å². The molecule has 0 aliphatic heterocycles. The van der Waals surface area contributed by atoms with E-state index in [1.165, 1.54) is 0 Å². The van der Waals surface area contributed by atoms with E-state index < -0.39 is 0 Å². The second-order valence-electron chi connectivity index (χ2n) is 6.33. The van der Waals surface area contributed by atoms with Gasteiger partial charge in [-0.25, -0.2) is 0 Å². The third kappa shape index (κ3) is 4.52. The van der Waals surface area contributed by atoms with E-state index in [1.807, 2.05) is 50.2 Å². The van der Waals surface area contributed by atoms with Crippen LogP contribution in [0, 0.1) is 13.8 Å². The Morgan fingerprint density at radius 2 is 1.00 bits per heavy atom. The number of phenolic OH excluding ortho intramolecular Hbond substituents is 2. The zero-order valence-electron chi connectivity index (χ0n) is 14.5. The van der Waals surface area contributed by atoms with Crippen molar-refractivity contribution in [3.63, 3.8) is 0 Å². The summed E-state index contributed by atoms with van der Waals surface area (Å²) in [5.41, 5.74) is 3.97. The average Bonchev–Trinajstić information content (AvgIpc) is 2.45. The van der Waals surface area contributed by atoms with Crippen LogP contribution in [0.25, 0.3) is 0 Å². The molecular formula is C20H28O2. The van der Waals surface area contributed by atoms with Crippen molar-refractivity contribution >= 4 is 0 Å². The van der Waals surface area contributed by atoms with Crippen molar-refractivity contribution < 1.29 is 10.2 Å². The van der Waals surface area contributed by atoms with Crippen LogP contribution in [0.15, 0.2) is 36.4 Å². The zero-order chi connectivity index (χ0) is 16.9. The van der Waals surface area contributed by atoms with E-state index in [9.17, 15) is 10.2 Å². The highest BCUT2D eigenvalue weighted by atomic mass is 16.3. The lowest BCUT2D eigenvalue weighted by Gasteiger charge is -2.14. The van der Waals surface area contributed by atoms with Crippen LogP contribution in [0.3, 0.4) is 0 Å². The van der Waals surface area contributed by atoms with E-state index in [2.05, 4.69) is 27.7 Å². The number of para-hydroxylation sites is 2. The Morgan fingerprint density at radius 1 is 0.636 bits per heavy atom. The van der Waals surface area contributed by atoms with Gasteiger partial charge in [-0.3, -0.25) is 0 Å². The van der Waals surface area contributed by atoms with Gasteiger partial charge in [-0.05, 0) is 47.9 Å². The number of hydrogen-bond donors (Lipinski definition) is 2. The molecule has 120 valence electrons. The predicted octanol–water partition coefficient (Wildman–Crippen LogP) is 5.65. The SMILES string of the molecule is CC(C)c1cccc(C(C)C)c1O.Cc1cccc(C)c1O. The molecule has 0 aliphatic rings. The predicted molar refractivity (Wildman–Crippen MR) is 93.9 cm³/mol. The lowest BCUT2D eigenvalue weighted by atomic mass is 9.94. The molecule has 0 radical (unpaired) electrons. The molecule has 2 N–H and O–H groups in total. The van der Waals surface area contributed by atoms with Gasteiger partial charge in [0.2, 0.25) is 0 Å². The number of rotatable bonds is 2. The van der Waals surface area contributed by atoms with Crippen LogP contribution in [0.2, 0.25) is 0 Å². The summed E-state index contributed by atoms with van der Waals surface area (Å²) in [7, 11) is 0. The summed E-state index contributed by atoms with van der Waals surface area (Å²) < 4.78 is 0. The molecule has 0 unspecified atom stereocenters. The van der Waals surface area contributed by atoms with E-state index in [0.717, 1.165) is 22.3 Å². The summed E-state index contributed by atoms with van der Waals surface area (Å²) in [5.74, 6) is 1.67. The normalized spacial score (nSPS) is 10.5. The van der Waals surface area contributed by atoms with Crippen LogP contribution in [0.1, 0.15) is 61.8 Å². The maximum atomic E-state index is 9.93. The minimum atomic E-state index is 0.388. The summed E-state index contributed by atoms with van der Waals surface area (Å²) in [4.78, 5) is 0. The molecule has 0 bridgehead atoms. The van der Waals surface area contributed by atoms with Gasteiger partial charge in [0.15, 0.2) is 0 Å². The van der Waals surface area contributed by atoms with Crippen LogP contribution in [-0.4, -0.2) is 10.2 Å². The lowest BCUT2D eigenvalue weighted by molar-refractivity contribution is 0.454. The average molecular weight is 300 g/mol. The molecule has 0 aromatic heterocycles. The monoisotopic (exact) mass is 300 g/mol. The maximum Gasteiger partial charge on any atom is 0.122 e. The fraction of sp³-hybridized carbons (Fsp3) is 0.400. The Hall–Kier alpha value is -1.96. The highest BCUT2D eigenvalue weighted by molar-refractivity contribution is 5.43. The van der Waals surface area contributed by atoms with Crippen LogP contribution in [-0.2, 0) is 0 Å². The number of aromatic hydroxyl groups is 2. The van der Waals surface area contributed by atoms with Crippen molar-refractivity contribution in [2.24, 2.45) is 0 Å². The first-order valence-corrected chi connectivity index (χ1v) is 7.82. The molecule has 0 atom stereocenters. The van der Waals surface area contributed by atoms with E-state index in [1.54, 1.807) is 0 Å². The summed E-state index contributed by atoms with van der Waals surface area (Å²) in [5, 5.41) is 19.1. The molecule has 0 heterocycles. The minimum Gasteiger partial charge on any atom is -0.507 e. The largest absolute Gasteiger partial charge is 0.507 e. The Labute approximate surface area is 134 Å². The highest BCUT2D eigenvalue weighted by Crippen LogP contribution is 2.32. The summed E-state index contributed by atoms with van der Waals surface area (Å²) >= 11 is 0. The smallest absolute Gasteiger partial charge is 0.122 e. The third-order valence-electron chi connectivity index (χ3n) is 3.78. The van der Waals surface area contributed by atoms with Crippen molar-refractivity contribution in [1.82, 2.24) is 0 Å². The maximum absolute atomic E-state index is 9.93. The van der Waals surface area contributed by atoms with Crippen molar-refractivity contribution in [2.75, 3.05) is 0 Å². The van der Waals surface area contributed by atoms with Crippen LogP contribution in [0.4, 0.5) is 0 Å². The molecule has 2 aromatic rings. The topological polar surface area (TPSA) is 40.5 Å². The van der Waals surface area contributed by atoms with Gasteiger partial charge in [-0.2, -0.15) is 0 Å². The van der Waals surface area contributed by atoms with Gasteiger partial charge in [0.05, 0.1) is 0 Å². The first-order chi connectivity index (χ1) is 10.3.